The molecule has 0 saturated carbocycles. The molecule has 0 aliphatic carbocycles. The zero-order valence-electron chi connectivity index (χ0n) is 10.9. The third-order valence-corrected chi connectivity index (χ3v) is 3.50. The fourth-order valence-corrected chi connectivity index (χ4v) is 2.42. The van der Waals surface area contributed by atoms with Gasteiger partial charge in [0.05, 0.1) is 5.69 Å². The van der Waals surface area contributed by atoms with Gasteiger partial charge in [0.2, 0.25) is 5.91 Å². The Balaban J connectivity index is 1.72. The first-order chi connectivity index (χ1) is 9.74. The maximum Gasteiger partial charge on any atom is 0.246 e. The second-order valence-electron chi connectivity index (χ2n) is 4.86. The maximum atomic E-state index is 13.5. The molecule has 3 rings (SSSR count). The molecule has 0 fully saturated rings. The molecule has 102 valence electrons. The fourth-order valence-electron chi connectivity index (χ4n) is 2.42. The first-order valence-electron chi connectivity index (χ1n) is 6.64. The van der Waals surface area contributed by atoms with Crippen molar-refractivity contribution in [1.82, 2.24) is 0 Å². The Morgan fingerprint density at radius 2 is 1.90 bits per heavy atom. The summed E-state index contributed by atoms with van der Waals surface area (Å²) in [5.41, 5.74) is 2.41. The highest BCUT2D eigenvalue weighted by Gasteiger charge is 2.24. The number of aryl methyl sites for hydroxylation is 1. The summed E-state index contributed by atoms with van der Waals surface area (Å²) >= 11 is 0. The summed E-state index contributed by atoms with van der Waals surface area (Å²) in [6, 6.07) is 13.8. The zero-order chi connectivity index (χ0) is 13.9. The summed E-state index contributed by atoms with van der Waals surface area (Å²) in [5, 5.41) is 5.84. The van der Waals surface area contributed by atoms with Gasteiger partial charge in [-0.1, -0.05) is 30.3 Å². The van der Waals surface area contributed by atoms with Gasteiger partial charge >= 0.3 is 0 Å². The number of amides is 1. The third-order valence-electron chi connectivity index (χ3n) is 3.50. The van der Waals surface area contributed by atoms with Crippen LogP contribution in [0.1, 0.15) is 12.0 Å². The van der Waals surface area contributed by atoms with Crippen molar-refractivity contribution < 1.29 is 9.18 Å². The van der Waals surface area contributed by atoms with E-state index < -0.39 is 5.82 Å². The van der Waals surface area contributed by atoms with Gasteiger partial charge in [0.1, 0.15) is 11.9 Å². The lowest BCUT2D eigenvalue weighted by Gasteiger charge is -2.26. The van der Waals surface area contributed by atoms with Crippen LogP contribution in [-0.2, 0) is 11.2 Å². The van der Waals surface area contributed by atoms with Crippen LogP contribution in [0.4, 0.5) is 15.8 Å². The highest BCUT2D eigenvalue weighted by Crippen LogP contribution is 2.25. The molecule has 0 bridgehead atoms. The van der Waals surface area contributed by atoms with Crippen LogP contribution in [0.3, 0.4) is 0 Å². The summed E-state index contributed by atoms with van der Waals surface area (Å²) in [6.45, 7) is 0. The predicted octanol–water partition coefficient (Wildman–Crippen LogP) is 3.19. The molecule has 0 radical (unpaired) electrons. The SMILES string of the molecule is O=C(Nc1ccccc1F)[C@@H]1CCc2ccccc2N1. The number of anilines is 2. The van der Waals surface area contributed by atoms with Crippen molar-refractivity contribution in [2.45, 2.75) is 18.9 Å². The van der Waals surface area contributed by atoms with Crippen LogP contribution in [0.2, 0.25) is 0 Å². The Hall–Kier alpha value is -2.36. The van der Waals surface area contributed by atoms with E-state index in [4.69, 9.17) is 0 Å². The Bertz CT molecular complexity index is 642. The standard InChI is InChI=1S/C16H15FN2O/c17-12-6-2-4-8-14(12)19-16(20)15-10-9-11-5-1-3-7-13(11)18-15/h1-8,15,18H,9-10H2,(H,19,20)/t15-/m0/s1. The van der Waals surface area contributed by atoms with Crippen molar-refractivity contribution in [3.05, 3.63) is 59.9 Å². The molecule has 0 spiro atoms. The molecule has 4 heteroatoms. The molecule has 2 N–H and O–H groups in total. The molecule has 1 heterocycles. The van der Waals surface area contributed by atoms with E-state index in [-0.39, 0.29) is 17.6 Å². The average molecular weight is 270 g/mol. The van der Waals surface area contributed by atoms with Gasteiger partial charge in [0.25, 0.3) is 0 Å². The van der Waals surface area contributed by atoms with Crippen molar-refractivity contribution >= 4 is 17.3 Å². The number of rotatable bonds is 2. The highest BCUT2D eigenvalue weighted by atomic mass is 19.1. The fraction of sp³-hybridized carbons (Fsp3) is 0.188. The molecule has 1 amide bonds. The van der Waals surface area contributed by atoms with Crippen LogP contribution in [-0.4, -0.2) is 11.9 Å². The van der Waals surface area contributed by atoms with E-state index in [1.807, 2.05) is 24.3 Å². The molecule has 0 saturated heterocycles. The van der Waals surface area contributed by atoms with Crippen molar-refractivity contribution in [3.63, 3.8) is 0 Å². The number of carbonyl (C=O) groups excluding carboxylic acids is 1. The number of nitrogens with one attached hydrogen (secondary N) is 2. The minimum absolute atomic E-state index is 0.204. The van der Waals surface area contributed by atoms with Gasteiger partial charge in [-0.05, 0) is 36.6 Å². The summed E-state index contributed by atoms with van der Waals surface area (Å²) in [4.78, 5) is 12.2. The molecule has 0 unspecified atom stereocenters. The van der Waals surface area contributed by atoms with E-state index in [2.05, 4.69) is 10.6 Å². The number of carbonyl (C=O) groups is 1. The van der Waals surface area contributed by atoms with Gasteiger partial charge in [-0.25, -0.2) is 4.39 Å². The van der Waals surface area contributed by atoms with Gasteiger partial charge in [0.15, 0.2) is 0 Å². The van der Waals surface area contributed by atoms with Gasteiger partial charge in [-0.2, -0.15) is 0 Å². The first-order valence-corrected chi connectivity index (χ1v) is 6.64. The van der Waals surface area contributed by atoms with Gasteiger partial charge in [-0.15, -0.1) is 0 Å². The van der Waals surface area contributed by atoms with Crippen LogP contribution in [0.5, 0.6) is 0 Å². The minimum Gasteiger partial charge on any atom is -0.373 e. The number of fused-ring (bicyclic) bond motifs is 1. The van der Waals surface area contributed by atoms with Gasteiger partial charge in [0, 0.05) is 5.69 Å². The number of para-hydroxylation sites is 2. The number of benzene rings is 2. The van der Waals surface area contributed by atoms with Crippen LogP contribution in [0.15, 0.2) is 48.5 Å². The van der Waals surface area contributed by atoms with Crippen molar-refractivity contribution in [1.29, 1.82) is 0 Å². The van der Waals surface area contributed by atoms with Gasteiger partial charge < -0.3 is 10.6 Å². The zero-order valence-corrected chi connectivity index (χ0v) is 10.9. The molecule has 1 aliphatic rings. The Labute approximate surface area is 116 Å². The molecule has 20 heavy (non-hydrogen) atoms. The van der Waals surface area contributed by atoms with Crippen molar-refractivity contribution in [3.8, 4) is 0 Å². The lowest BCUT2D eigenvalue weighted by molar-refractivity contribution is -0.117. The van der Waals surface area contributed by atoms with Crippen LogP contribution in [0.25, 0.3) is 0 Å². The summed E-state index contributed by atoms with van der Waals surface area (Å²) in [6.07, 6.45) is 1.55. The molecule has 1 atom stereocenters. The van der Waals surface area contributed by atoms with Crippen molar-refractivity contribution in [2.24, 2.45) is 0 Å². The first kappa shape index (κ1) is 12.7. The topological polar surface area (TPSA) is 41.1 Å². The lowest BCUT2D eigenvalue weighted by atomic mass is 9.97. The van der Waals surface area contributed by atoms with Crippen LogP contribution < -0.4 is 10.6 Å². The highest BCUT2D eigenvalue weighted by molar-refractivity contribution is 5.97. The number of halogens is 1. The Morgan fingerprint density at radius 1 is 1.15 bits per heavy atom. The van der Waals surface area contributed by atoms with E-state index in [0.29, 0.717) is 6.42 Å². The third kappa shape index (κ3) is 2.50. The molecule has 2 aromatic carbocycles. The van der Waals surface area contributed by atoms with E-state index in [9.17, 15) is 9.18 Å². The molecule has 0 aromatic heterocycles. The number of hydrogen-bond acceptors (Lipinski definition) is 2. The normalized spacial score (nSPS) is 16.9. The second-order valence-corrected chi connectivity index (χ2v) is 4.86. The quantitative estimate of drug-likeness (QED) is 0.880. The molecule has 1 aliphatic heterocycles. The summed E-state index contributed by atoms with van der Waals surface area (Å²) in [7, 11) is 0. The van der Waals surface area contributed by atoms with Crippen molar-refractivity contribution in [2.75, 3.05) is 10.6 Å². The largest absolute Gasteiger partial charge is 0.373 e. The maximum absolute atomic E-state index is 13.5. The predicted molar refractivity (Wildman–Crippen MR) is 77.2 cm³/mol. The number of hydrogen-bond donors (Lipinski definition) is 2. The van der Waals surface area contributed by atoms with E-state index in [0.717, 1.165) is 12.1 Å². The van der Waals surface area contributed by atoms with Gasteiger partial charge in [-0.3, -0.25) is 4.79 Å². The molecular weight excluding hydrogens is 255 g/mol. The Kier molecular flexibility index (Phi) is 3.37. The van der Waals surface area contributed by atoms with Crippen LogP contribution >= 0.6 is 0 Å². The summed E-state index contributed by atoms with van der Waals surface area (Å²) < 4.78 is 13.5. The molecular formula is C16H15FN2O. The monoisotopic (exact) mass is 270 g/mol. The minimum atomic E-state index is -0.419. The second kappa shape index (κ2) is 5.33. The van der Waals surface area contributed by atoms with Crippen LogP contribution in [0, 0.1) is 5.82 Å². The smallest absolute Gasteiger partial charge is 0.246 e. The molecule has 2 aromatic rings. The Morgan fingerprint density at radius 3 is 2.75 bits per heavy atom. The summed E-state index contributed by atoms with van der Waals surface area (Å²) in [5.74, 6) is -0.623. The van der Waals surface area contributed by atoms with E-state index in [1.165, 1.54) is 11.6 Å². The lowest BCUT2D eigenvalue weighted by Crippen LogP contribution is -2.37. The average Bonchev–Trinajstić information content (AvgIpc) is 2.49. The van der Waals surface area contributed by atoms with E-state index >= 15 is 0 Å². The molecule has 3 nitrogen and oxygen atoms in total. The van der Waals surface area contributed by atoms with E-state index in [1.54, 1.807) is 18.2 Å².